The summed E-state index contributed by atoms with van der Waals surface area (Å²) in [6, 6.07) is 22.0. The number of carbonyl (C=O) groups is 1. The van der Waals surface area contributed by atoms with Crippen molar-refractivity contribution >= 4 is 17.5 Å². The minimum atomic E-state index is -0.159. The molecule has 0 aliphatic rings. The van der Waals surface area contributed by atoms with Crippen LogP contribution >= 0.6 is 11.6 Å². The Balaban J connectivity index is 1.78. The normalized spacial score (nSPS) is 10.7. The third kappa shape index (κ3) is 3.82. The zero-order valence-corrected chi connectivity index (χ0v) is 13.3. The van der Waals surface area contributed by atoms with E-state index in [1.54, 1.807) is 12.3 Å². The van der Waals surface area contributed by atoms with E-state index in [9.17, 15) is 4.79 Å². The molecule has 4 heteroatoms. The zero-order chi connectivity index (χ0) is 16.1. The molecule has 0 spiro atoms. The van der Waals surface area contributed by atoms with E-state index in [-0.39, 0.29) is 11.8 Å². The Bertz CT molecular complexity index is 729. The number of aromatic amines is 1. The molecule has 1 aromatic heterocycles. The molecule has 1 amide bonds. The van der Waals surface area contributed by atoms with Gasteiger partial charge in [0, 0.05) is 18.7 Å². The highest BCUT2D eigenvalue weighted by Crippen LogP contribution is 2.23. The third-order valence-electron chi connectivity index (χ3n) is 3.76. The monoisotopic (exact) mass is 324 g/mol. The number of amides is 1. The number of rotatable bonds is 5. The molecular weight excluding hydrogens is 308 g/mol. The van der Waals surface area contributed by atoms with Crippen molar-refractivity contribution in [2.24, 2.45) is 0 Å². The summed E-state index contributed by atoms with van der Waals surface area (Å²) in [5.74, 6) is -0.0550. The third-order valence-corrected chi connectivity index (χ3v) is 3.98. The number of aromatic nitrogens is 1. The van der Waals surface area contributed by atoms with Crippen molar-refractivity contribution in [1.82, 2.24) is 10.3 Å². The fourth-order valence-corrected chi connectivity index (χ4v) is 2.75. The molecule has 3 aromatic rings. The second-order valence-electron chi connectivity index (χ2n) is 5.32. The predicted octanol–water partition coefficient (Wildman–Crippen LogP) is 4.23. The van der Waals surface area contributed by atoms with Crippen LogP contribution in [0.5, 0.6) is 0 Å². The van der Waals surface area contributed by atoms with Crippen LogP contribution in [-0.2, 0) is 0 Å². The number of nitrogens with one attached hydrogen (secondary N) is 2. The molecule has 0 radical (unpaired) electrons. The summed E-state index contributed by atoms with van der Waals surface area (Å²) in [6.45, 7) is 0.517. The van der Waals surface area contributed by atoms with Gasteiger partial charge in [-0.2, -0.15) is 0 Å². The second kappa shape index (κ2) is 7.16. The van der Waals surface area contributed by atoms with E-state index in [0.29, 0.717) is 17.3 Å². The van der Waals surface area contributed by atoms with Crippen LogP contribution in [0.4, 0.5) is 0 Å². The molecule has 0 fully saturated rings. The highest BCUT2D eigenvalue weighted by molar-refractivity contribution is 6.30. The van der Waals surface area contributed by atoms with Crippen LogP contribution in [0.1, 0.15) is 27.5 Å². The lowest BCUT2D eigenvalue weighted by Gasteiger charge is -2.18. The first-order valence-electron chi connectivity index (χ1n) is 7.46. The van der Waals surface area contributed by atoms with Crippen LogP contribution in [0.3, 0.4) is 0 Å². The van der Waals surface area contributed by atoms with Crippen LogP contribution < -0.4 is 5.32 Å². The maximum atomic E-state index is 12.2. The van der Waals surface area contributed by atoms with Crippen molar-refractivity contribution in [2.45, 2.75) is 5.92 Å². The summed E-state index contributed by atoms with van der Waals surface area (Å²) in [6.07, 6.45) is 1.60. The van der Waals surface area contributed by atoms with Gasteiger partial charge in [-0.25, -0.2) is 0 Å². The quantitative estimate of drug-likeness (QED) is 0.724. The smallest absolute Gasteiger partial charge is 0.267 e. The summed E-state index contributed by atoms with van der Waals surface area (Å²) in [4.78, 5) is 15.1. The minimum Gasteiger partial charge on any atom is -0.356 e. The van der Waals surface area contributed by atoms with Crippen LogP contribution in [0, 0.1) is 0 Å². The van der Waals surface area contributed by atoms with Crippen molar-refractivity contribution < 1.29 is 4.79 Å². The summed E-state index contributed by atoms with van der Waals surface area (Å²) in [5.41, 5.74) is 2.81. The summed E-state index contributed by atoms with van der Waals surface area (Å²) < 4.78 is 0. The van der Waals surface area contributed by atoms with Crippen LogP contribution in [0.2, 0.25) is 5.02 Å². The van der Waals surface area contributed by atoms with Crippen molar-refractivity contribution in [3.05, 3.63) is 94.8 Å². The molecule has 0 saturated carbocycles. The van der Waals surface area contributed by atoms with Gasteiger partial charge in [-0.3, -0.25) is 4.79 Å². The number of benzene rings is 2. The molecule has 0 aliphatic heterocycles. The molecule has 0 unspecified atom stereocenters. The number of halogens is 1. The van der Waals surface area contributed by atoms with Crippen LogP contribution in [0.25, 0.3) is 0 Å². The van der Waals surface area contributed by atoms with Gasteiger partial charge < -0.3 is 10.3 Å². The molecule has 1 heterocycles. The van der Waals surface area contributed by atoms with Gasteiger partial charge in [0.2, 0.25) is 0 Å². The van der Waals surface area contributed by atoms with E-state index in [2.05, 4.69) is 34.6 Å². The Morgan fingerprint density at radius 3 is 2.04 bits per heavy atom. The topological polar surface area (TPSA) is 44.9 Å². The van der Waals surface area contributed by atoms with Gasteiger partial charge in [-0.15, -0.1) is 0 Å². The molecule has 2 aromatic carbocycles. The largest absolute Gasteiger partial charge is 0.356 e. The van der Waals surface area contributed by atoms with Crippen LogP contribution in [0.15, 0.2) is 72.9 Å². The Hall–Kier alpha value is -2.52. The van der Waals surface area contributed by atoms with Crippen molar-refractivity contribution in [1.29, 1.82) is 0 Å². The first-order chi connectivity index (χ1) is 11.2. The fraction of sp³-hybridized carbons (Fsp3) is 0.105. The van der Waals surface area contributed by atoms with Crippen LogP contribution in [-0.4, -0.2) is 17.4 Å². The second-order valence-corrected chi connectivity index (χ2v) is 5.75. The first-order valence-corrected chi connectivity index (χ1v) is 7.84. The Morgan fingerprint density at radius 2 is 1.57 bits per heavy atom. The molecule has 3 rings (SSSR count). The fourth-order valence-electron chi connectivity index (χ4n) is 2.59. The number of H-pyrrole nitrogens is 1. The minimum absolute atomic E-state index is 0.104. The number of hydrogen-bond donors (Lipinski definition) is 2. The SMILES string of the molecule is O=C(NCC(c1ccccc1)c1ccccc1)c1cc(Cl)c[nH]1. The van der Waals surface area contributed by atoms with Gasteiger partial charge in [-0.05, 0) is 17.2 Å². The molecule has 2 N–H and O–H groups in total. The molecule has 3 nitrogen and oxygen atoms in total. The average Bonchev–Trinajstić information content (AvgIpc) is 3.03. The van der Waals surface area contributed by atoms with Gasteiger partial charge in [-0.1, -0.05) is 72.3 Å². The van der Waals surface area contributed by atoms with E-state index < -0.39 is 0 Å². The molecular formula is C19H17ClN2O. The predicted molar refractivity (Wildman–Crippen MR) is 92.9 cm³/mol. The molecule has 0 aliphatic carbocycles. The maximum Gasteiger partial charge on any atom is 0.267 e. The molecule has 0 bridgehead atoms. The van der Waals surface area contributed by atoms with Crippen molar-refractivity contribution in [3.8, 4) is 0 Å². The number of carbonyl (C=O) groups excluding carboxylic acids is 1. The number of hydrogen-bond acceptors (Lipinski definition) is 1. The average molecular weight is 325 g/mol. The lowest BCUT2D eigenvalue weighted by molar-refractivity contribution is 0.0948. The first kappa shape index (κ1) is 15.4. The van der Waals surface area contributed by atoms with Crippen molar-refractivity contribution in [2.75, 3.05) is 6.54 Å². The van der Waals surface area contributed by atoms with Gasteiger partial charge >= 0.3 is 0 Å². The highest BCUT2D eigenvalue weighted by atomic mass is 35.5. The van der Waals surface area contributed by atoms with Gasteiger partial charge in [0.1, 0.15) is 5.69 Å². The van der Waals surface area contributed by atoms with E-state index in [1.807, 2.05) is 36.4 Å². The molecule has 0 atom stereocenters. The Labute approximate surface area is 140 Å². The van der Waals surface area contributed by atoms with E-state index >= 15 is 0 Å². The highest BCUT2D eigenvalue weighted by Gasteiger charge is 2.16. The molecule has 116 valence electrons. The van der Waals surface area contributed by atoms with Crippen molar-refractivity contribution in [3.63, 3.8) is 0 Å². The van der Waals surface area contributed by atoms with E-state index in [1.165, 1.54) is 11.1 Å². The van der Waals surface area contributed by atoms with E-state index in [0.717, 1.165) is 0 Å². The summed E-state index contributed by atoms with van der Waals surface area (Å²) in [5, 5.41) is 3.51. The zero-order valence-electron chi connectivity index (χ0n) is 12.5. The standard InChI is InChI=1S/C19H17ClN2O/c20-16-11-18(21-12-16)19(23)22-13-17(14-7-3-1-4-8-14)15-9-5-2-6-10-15/h1-12,17,21H,13H2,(H,22,23). The van der Waals surface area contributed by atoms with E-state index in [4.69, 9.17) is 11.6 Å². The Morgan fingerprint density at radius 1 is 1.00 bits per heavy atom. The maximum absolute atomic E-state index is 12.2. The summed E-state index contributed by atoms with van der Waals surface area (Å²) in [7, 11) is 0. The lowest BCUT2D eigenvalue weighted by atomic mass is 9.91. The Kier molecular flexibility index (Phi) is 4.79. The van der Waals surface area contributed by atoms with Gasteiger partial charge in [0.05, 0.1) is 5.02 Å². The lowest BCUT2D eigenvalue weighted by Crippen LogP contribution is -2.29. The van der Waals surface area contributed by atoms with Gasteiger partial charge in [0.15, 0.2) is 0 Å². The van der Waals surface area contributed by atoms with Gasteiger partial charge in [0.25, 0.3) is 5.91 Å². The molecule has 23 heavy (non-hydrogen) atoms. The summed E-state index contributed by atoms with van der Waals surface area (Å²) >= 11 is 5.85. The molecule has 0 saturated heterocycles.